The van der Waals surface area contributed by atoms with Crippen LogP contribution in [0.5, 0.6) is 11.5 Å². The monoisotopic (exact) mass is 686 g/mol. The molecule has 1 fully saturated rings. The molecule has 4 atom stereocenters. The highest BCUT2D eigenvalue weighted by Crippen LogP contribution is 2.48. The van der Waals surface area contributed by atoms with Gasteiger partial charge in [-0.05, 0) is 98.8 Å². The summed E-state index contributed by atoms with van der Waals surface area (Å²) >= 11 is 6.20. The number of carbonyl (C=O) groups is 3. The average Bonchev–Trinajstić information content (AvgIpc) is 3.04. The average molecular weight is 687 g/mol. The van der Waals surface area contributed by atoms with E-state index in [1.165, 1.54) is 26.2 Å². The molecule has 1 aliphatic rings. The molecule has 0 radical (unpaired) electrons. The smallest absolute Gasteiger partial charge is 0.235 e. The molecular formula is C39H40ClFN2O6. The van der Waals surface area contributed by atoms with Crippen LogP contribution in [-0.2, 0) is 21.0 Å². The molecule has 4 aromatic rings. The Kier molecular flexibility index (Phi) is 10.5. The molecule has 4 unspecified atom stereocenters. The van der Waals surface area contributed by atoms with E-state index >= 15 is 0 Å². The summed E-state index contributed by atoms with van der Waals surface area (Å²) in [4.78, 5) is 42.3. The van der Waals surface area contributed by atoms with Crippen LogP contribution >= 0.6 is 11.6 Å². The minimum Gasteiger partial charge on any atom is -0.493 e. The van der Waals surface area contributed by atoms with Gasteiger partial charge in [-0.25, -0.2) is 4.39 Å². The Labute approximate surface area is 290 Å². The molecule has 8 nitrogen and oxygen atoms in total. The second-order valence-electron chi connectivity index (χ2n) is 12.9. The number of amides is 2. The Morgan fingerprint density at radius 1 is 0.898 bits per heavy atom. The topological polar surface area (TPSA) is 114 Å². The number of hydrogen-bond donors (Lipinski definition) is 3. The van der Waals surface area contributed by atoms with E-state index in [9.17, 15) is 23.9 Å². The largest absolute Gasteiger partial charge is 0.493 e. The molecule has 0 saturated heterocycles. The Hall–Kier alpha value is -4.73. The number of nitrogens with one attached hydrogen (secondary N) is 2. The van der Waals surface area contributed by atoms with E-state index in [0.717, 1.165) is 22.3 Å². The van der Waals surface area contributed by atoms with Crippen LogP contribution < -0.4 is 20.1 Å². The summed E-state index contributed by atoms with van der Waals surface area (Å²) in [5.74, 6) is -5.43. The van der Waals surface area contributed by atoms with E-state index in [0.29, 0.717) is 16.9 Å². The van der Waals surface area contributed by atoms with Gasteiger partial charge in [0.25, 0.3) is 0 Å². The number of ketones is 1. The Bertz CT molecular complexity index is 1910. The lowest BCUT2D eigenvalue weighted by molar-refractivity contribution is -0.150. The molecule has 2 amide bonds. The van der Waals surface area contributed by atoms with Crippen molar-refractivity contribution in [2.75, 3.05) is 17.7 Å². The van der Waals surface area contributed by atoms with Gasteiger partial charge in [0.2, 0.25) is 11.8 Å². The van der Waals surface area contributed by atoms with Gasteiger partial charge in [0.05, 0.1) is 23.7 Å². The van der Waals surface area contributed by atoms with Gasteiger partial charge in [-0.1, -0.05) is 48.0 Å². The lowest BCUT2D eigenvalue weighted by Crippen LogP contribution is -2.56. The van der Waals surface area contributed by atoms with Gasteiger partial charge in [0.1, 0.15) is 24.1 Å². The lowest BCUT2D eigenvalue weighted by Gasteiger charge is -2.44. The van der Waals surface area contributed by atoms with Crippen molar-refractivity contribution in [2.45, 2.75) is 59.2 Å². The third-order valence-electron chi connectivity index (χ3n) is 9.56. The predicted molar refractivity (Wildman–Crippen MR) is 188 cm³/mol. The van der Waals surface area contributed by atoms with Crippen LogP contribution in [0.15, 0.2) is 72.8 Å². The summed E-state index contributed by atoms with van der Waals surface area (Å²) in [6.45, 7) is 8.84. The van der Waals surface area contributed by atoms with Crippen LogP contribution in [0.4, 0.5) is 15.8 Å². The molecule has 5 rings (SSSR count). The molecule has 3 N–H and O–H groups in total. The lowest BCUT2D eigenvalue weighted by atomic mass is 9.61. The first-order chi connectivity index (χ1) is 23.2. The zero-order valence-corrected chi connectivity index (χ0v) is 29.1. The standard InChI is InChI=1S/C39H40ClFN2O6/c1-21-10-7-14-29(23(21)3)42-37(45)35-31(44)19-39(5,47)36(38(46)43-30-15-8-11-22(2)24(30)4)34(35)25-16-17-32(33(18-25)48-6)49-20-26-27(40)12-9-13-28(26)41/h7-18,34-36,47H,19-20H2,1-6H3,(H,42,45)(H,43,46). The number of aryl methyl sites for hydroxylation is 2. The predicted octanol–water partition coefficient (Wildman–Crippen LogP) is 7.62. The number of benzene rings is 4. The number of halogens is 2. The van der Waals surface area contributed by atoms with Crippen LogP contribution in [0.25, 0.3) is 0 Å². The number of anilines is 2. The van der Waals surface area contributed by atoms with Crippen LogP contribution in [0, 0.1) is 45.3 Å². The zero-order valence-electron chi connectivity index (χ0n) is 28.3. The van der Waals surface area contributed by atoms with Crippen LogP contribution in [0.1, 0.15) is 52.6 Å². The van der Waals surface area contributed by atoms with Crippen molar-refractivity contribution in [3.05, 3.63) is 117 Å². The van der Waals surface area contributed by atoms with E-state index in [2.05, 4.69) is 10.6 Å². The fourth-order valence-electron chi connectivity index (χ4n) is 6.52. The van der Waals surface area contributed by atoms with Gasteiger partial charge in [-0.3, -0.25) is 14.4 Å². The Morgan fingerprint density at radius 2 is 1.49 bits per heavy atom. The maximum Gasteiger partial charge on any atom is 0.235 e. The minimum absolute atomic E-state index is 0.163. The molecule has 0 aliphatic heterocycles. The van der Waals surface area contributed by atoms with E-state index < -0.39 is 53.2 Å². The molecule has 0 bridgehead atoms. The van der Waals surface area contributed by atoms with Crippen LogP contribution in [0.3, 0.4) is 0 Å². The number of ether oxygens (including phenoxy) is 2. The SMILES string of the molecule is COc1cc(C2C(C(=O)Nc3cccc(C)c3C)C(=O)CC(C)(O)C2C(=O)Nc2cccc(C)c2C)ccc1OCc1c(F)cccc1Cl. The molecule has 49 heavy (non-hydrogen) atoms. The summed E-state index contributed by atoms with van der Waals surface area (Å²) in [5, 5.41) is 17.9. The van der Waals surface area contributed by atoms with Crippen LogP contribution in [0.2, 0.25) is 5.02 Å². The fourth-order valence-corrected chi connectivity index (χ4v) is 6.73. The third-order valence-corrected chi connectivity index (χ3v) is 9.92. The molecular weight excluding hydrogens is 647 g/mol. The Morgan fingerprint density at radius 3 is 2.08 bits per heavy atom. The first kappa shape index (κ1) is 35.6. The number of carbonyl (C=O) groups excluding carboxylic acids is 3. The maximum absolute atomic E-state index is 14.5. The van der Waals surface area contributed by atoms with E-state index in [4.69, 9.17) is 21.1 Å². The first-order valence-electron chi connectivity index (χ1n) is 16.0. The quantitative estimate of drug-likeness (QED) is 0.156. The number of Topliss-reactive ketones (excluding diaryl/α,β-unsaturated/α-hetero) is 1. The van der Waals surface area contributed by atoms with Gasteiger partial charge in [0.15, 0.2) is 11.5 Å². The van der Waals surface area contributed by atoms with Gasteiger partial charge in [-0.2, -0.15) is 0 Å². The summed E-state index contributed by atoms with van der Waals surface area (Å²) in [6, 6.07) is 20.1. The molecule has 0 heterocycles. The summed E-state index contributed by atoms with van der Waals surface area (Å²) in [6.07, 6.45) is -0.416. The number of hydrogen-bond acceptors (Lipinski definition) is 6. The second-order valence-corrected chi connectivity index (χ2v) is 13.3. The summed E-state index contributed by atoms with van der Waals surface area (Å²) in [7, 11) is 1.42. The second kappa shape index (κ2) is 14.4. The van der Waals surface area contributed by atoms with Crippen molar-refractivity contribution in [3.63, 3.8) is 0 Å². The Balaban J connectivity index is 1.59. The normalized spacial score (nSPS) is 20.4. The highest BCUT2D eigenvalue weighted by molar-refractivity contribution is 6.31. The molecule has 0 aromatic heterocycles. The van der Waals surface area contributed by atoms with Crippen molar-refractivity contribution in [2.24, 2.45) is 11.8 Å². The van der Waals surface area contributed by atoms with E-state index in [1.54, 1.807) is 42.5 Å². The molecule has 4 aromatic carbocycles. The number of methoxy groups -OCH3 is 1. The van der Waals surface area contributed by atoms with Gasteiger partial charge in [-0.15, -0.1) is 0 Å². The number of aliphatic hydroxyl groups is 1. The minimum atomic E-state index is -1.82. The van der Waals surface area contributed by atoms with Crippen molar-refractivity contribution < 1.29 is 33.4 Å². The van der Waals surface area contributed by atoms with Gasteiger partial charge < -0.3 is 25.2 Å². The summed E-state index contributed by atoms with van der Waals surface area (Å²) in [5.41, 5.74) is 3.44. The zero-order chi connectivity index (χ0) is 35.6. The number of rotatable bonds is 9. The van der Waals surface area contributed by atoms with Gasteiger partial charge >= 0.3 is 0 Å². The van der Waals surface area contributed by atoms with E-state index in [1.807, 2.05) is 45.9 Å². The molecule has 10 heteroatoms. The molecule has 1 saturated carbocycles. The van der Waals surface area contributed by atoms with Crippen molar-refractivity contribution in [1.29, 1.82) is 0 Å². The molecule has 1 aliphatic carbocycles. The maximum atomic E-state index is 14.5. The molecule has 0 spiro atoms. The fraction of sp³-hybridized carbons (Fsp3) is 0.308. The van der Waals surface area contributed by atoms with E-state index in [-0.39, 0.29) is 28.7 Å². The van der Waals surface area contributed by atoms with Crippen molar-refractivity contribution in [3.8, 4) is 11.5 Å². The van der Waals surface area contributed by atoms with Crippen LogP contribution in [-0.4, -0.2) is 35.4 Å². The highest BCUT2D eigenvalue weighted by Gasteiger charge is 2.56. The molecule has 256 valence electrons. The first-order valence-corrected chi connectivity index (χ1v) is 16.3. The highest BCUT2D eigenvalue weighted by atomic mass is 35.5. The summed E-state index contributed by atoms with van der Waals surface area (Å²) < 4.78 is 26.0. The van der Waals surface area contributed by atoms with Gasteiger partial charge in [0, 0.05) is 29.3 Å². The van der Waals surface area contributed by atoms with Crippen molar-refractivity contribution >= 4 is 40.6 Å². The third kappa shape index (κ3) is 7.33. The van der Waals surface area contributed by atoms with Crippen molar-refractivity contribution in [1.82, 2.24) is 0 Å².